The number of rotatable bonds is 7. The van der Waals surface area contributed by atoms with Gasteiger partial charge in [-0.15, -0.1) is 0 Å². The van der Waals surface area contributed by atoms with E-state index in [0.717, 1.165) is 31.8 Å². The van der Waals surface area contributed by atoms with Gasteiger partial charge in [0.25, 0.3) is 0 Å². The van der Waals surface area contributed by atoms with Crippen LogP contribution in [0.1, 0.15) is 11.1 Å². The molecule has 4 aromatic rings. The molecule has 2 aromatic heterocycles. The summed E-state index contributed by atoms with van der Waals surface area (Å²) >= 11 is 0. The summed E-state index contributed by atoms with van der Waals surface area (Å²) in [5, 5.41) is 9.23. The van der Waals surface area contributed by atoms with E-state index in [2.05, 4.69) is 74.8 Å². The molecule has 2 aromatic carbocycles. The molecule has 0 bridgehead atoms. The molecule has 4 nitrogen and oxygen atoms in total. The first-order chi connectivity index (χ1) is 12.9. The molecule has 0 saturated carbocycles. The molecule has 0 aliphatic carbocycles. The van der Waals surface area contributed by atoms with Gasteiger partial charge in [-0.05, 0) is 36.4 Å². The van der Waals surface area contributed by atoms with Gasteiger partial charge in [0.15, 0.2) is 0 Å². The Morgan fingerprint density at radius 1 is 0.846 bits per heavy atom. The third-order valence-electron chi connectivity index (χ3n) is 4.77. The highest BCUT2D eigenvalue weighted by molar-refractivity contribution is 6.06. The smallest absolute Gasteiger partial charge is 0.140 e. The highest BCUT2D eigenvalue weighted by atomic mass is 15.1. The van der Waals surface area contributed by atoms with Crippen molar-refractivity contribution in [3.8, 4) is 0 Å². The fourth-order valence-electron chi connectivity index (χ4n) is 3.50. The lowest BCUT2D eigenvalue weighted by atomic mass is 10.1. The molecule has 0 aliphatic heterocycles. The predicted molar refractivity (Wildman–Crippen MR) is 108 cm³/mol. The van der Waals surface area contributed by atoms with Crippen molar-refractivity contribution in [3.63, 3.8) is 0 Å². The molecular weight excluding hydrogens is 320 g/mol. The van der Waals surface area contributed by atoms with Gasteiger partial charge in [-0.25, -0.2) is 4.98 Å². The number of aromatic nitrogens is 2. The second-order valence-corrected chi connectivity index (χ2v) is 6.57. The van der Waals surface area contributed by atoms with Crippen molar-refractivity contribution in [1.29, 1.82) is 0 Å². The number of nitrogens with one attached hydrogen (secondary N) is 2. The van der Waals surface area contributed by atoms with Gasteiger partial charge in [0, 0.05) is 43.1 Å². The molecule has 0 radical (unpaired) electrons. The lowest BCUT2D eigenvalue weighted by Crippen LogP contribution is -2.19. The number of pyridine rings is 1. The van der Waals surface area contributed by atoms with Crippen molar-refractivity contribution in [2.24, 2.45) is 0 Å². The summed E-state index contributed by atoms with van der Waals surface area (Å²) in [6.45, 7) is 3.60. The van der Waals surface area contributed by atoms with Crippen molar-refractivity contribution >= 4 is 21.9 Å². The molecule has 0 spiro atoms. The number of nitrogens with zero attached hydrogens (tertiary/aromatic N) is 2. The van der Waals surface area contributed by atoms with Crippen LogP contribution in [-0.2, 0) is 19.6 Å². The summed E-state index contributed by atoms with van der Waals surface area (Å²) in [5.74, 6) is 0. The van der Waals surface area contributed by atoms with Gasteiger partial charge < -0.3 is 15.2 Å². The van der Waals surface area contributed by atoms with Crippen LogP contribution in [0.25, 0.3) is 21.9 Å². The average molecular weight is 344 g/mol. The van der Waals surface area contributed by atoms with E-state index in [1.165, 1.54) is 27.4 Å². The summed E-state index contributed by atoms with van der Waals surface area (Å²) < 4.78 is 2.31. The Kier molecular flexibility index (Phi) is 4.95. The summed E-state index contributed by atoms with van der Waals surface area (Å²) in [6.07, 6.45) is 1.87. The minimum atomic E-state index is 0.879. The van der Waals surface area contributed by atoms with Crippen molar-refractivity contribution in [2.45, 2.75) is 19.6 Å². The van der Waals surface area contributed by atoms with Crippen molar-refractivity contribution in [3.05, 3.63) is 78.0 Å². The fraction of sp³-hybridized carbons (Fsp3) is 0.227. The average Bonchev–Trinajstić information content (AvgIpc) is 3.01. The van der Waals surface area contributed by atoms with Gasteiger partial charge in [-0.3, -0.25) is 0 Å². The van der Waals surface area contributed by atoms with E-state index in [-0.39, 0.29) is 0 Å². The highest BCUT2D eigenvalue weighted by Gasteiger charge is 2.10. The maximum absolute atomic E-state index is 4.61. The summed E-state index contributed by atoms with van der Waals surface area (Å²) in [5.41, 5.74) is 4.93. The van der Waals surface area contributed by atoms with Gasteiger partial charge in [0.2, 0.25) is 0 Å². The Labute approximate surface area is 153 Å². The monoisotopic (exact) mass is 344 g/mol. The van der Waals surface area contributed by atoms with Gasteiger partial charge in [-0.1, -0.05) is 42.5 Å². The first-order valence-electron chi connectivity index (χ1n) is 9.12. The molecule has 0 saturated heterocycles. The van der Waals surface area contributed by atoms with E-state index >= 15 is 0 Å². The van der Waals surface area contributed by atoms with Crippen LogP contribution in [0.3, 0.4) is 0 Å². The normalized spacial score (nSPS) is 11.4. The van der Waals surface area contributed by atoms with Crippen LogP contribution in [0.4, 0.5) is 0 Å². The second kappa shape index (κ2) is 7.68. The van der Waals surface area contributed by atoms with E-state index in [0.29, 0.717) is 0 Å². The standard InChI is InChI=1S/C22H24N4/c1-23-15-17-8-10-18(11-9-17)16-24-13-14-26-21-7-3-2-5-19(21)20-6-4-12-25-22(20)26/h2-12,23-24H,13-16H2,1H3. The maximum Gasteiger partial charge on any atom is 0.140 e. The number of para-hydroxylation sites is 1. The Morgan fingerprint density at radius 2 is 1.58 bits per heavy atom. The van der Waals surface area contributed by atoms with Crippen molar-refractivity contribution < 1.29 is 0 Å². The highest BCUT2D eigenvalue weighted by Crippen LogP contribution is 2.26. The van der Waals surface area contributed by atoms with Crippen LogP contribution < -0.4 is 10.6 Å². The van der Waals surface area contributed by atoms with E-state index < -0.39 is 0 Å². The van der Waals surface area contributed by atoms with Crippen LogP contribution in [0.2, 0.25) is 0 Å². The largest absolute Gasteiger partial charge is 0.324 e. The second-order valence-electron chi connectivity index (χ2n) is 6.57. The quantitative estimate of drug-likeness (QED) is 0.502. The first-order valence-corrected chi connectivity index (χ1v) is 9.12. The van der Waals surface area contributed by atoms with Gasteiger partial charge in [-0.2, -0.15) is 0 Å². The van der Waals surface area contributed by atoms with E-state index in [1.807, 2.05) is 19.3 Å². The molecule has 0 fully saturated rings. The van der Waals surface area contributed by atoms with Gasteiger partial charge in [0.05, 0.1) is 5.52 Å². The lowest BCUT2D eigenvalue weighted by Gasteiger charge is -2.09. The molecule has 0 aliphatic rings. The van der Waals surface area contributed by atoms with Crippen LogP contribution in [0.5, 0.6) is 0 Å². The molecule has 132 valence electrons. The topological polar surface area (TPSA) is 41.9 Å². The fourth-order valence-corrected chi connectivity index (χ4v) is 3.50. The Bertz CT molecular complexity index is 948. The zero-order valence-corrected chi connectivity index (χ0v) is 15.1. The third kappa shape index (κ3) is 3.34. The third-order valence-corrected chi connectivity index (χ3v) is 4.77. The zero-order valence-electron chi connectivity index (χ0n) is 15.1. The molecule has 4 heteroatoms. The molecule has 0 amide bonds. The van der Waals surface area contributed by atoms with E-state index in [1.54, 1.807) is 0 Å². The van der Waals surface area contributed by atoms with Gasteiger partial charge in [0.1, 0.15) is 5.65 Å². The molecule has 2 heterocycles. The Hall–Kier alpha value is -2.69. The molecule has 4 rings (SSSR count). The molecule has 26 heavy (non-hydrogen) atoms. The number of benzene rings is 2. The van der Waals surface area contributed by atoms with E-state index in [4.69, 9.17) is 0 Å². The number of fused-ring (bicyclic) bond motifs is 3. The van der Waals surface area contributed by atoms with Crippen LogP contribution in [0, 0.1) is 0 Å². The zero-order chi connectivity index (χ0) is 17.8. The molecule has 2 N–H and O–H groups in total. The van der Waals surface area contributed by atoms with E-state index in [9.17, 15) is 0 Å². The molecule has 0 atom stereocenters. The van der Waals surface area contributed by atoms with Crippen molar-refractivity contribution in [1.82, 2.24) is 20.2 Å². The van der Waals surface area contributed by atoms with Crippen LogP contribution >= 0.6 is 0 Å². The minimum absolute atomic E-state index is 0.879. The number of hydrogen-bond acceptors (Lipinski definition) is 3. The lowest BCUT2D eigenvalue weighted by molar-refractivity contribution is 0.616. The summed E-state index contributed by atoms with van der Waals surface area (Å²) in [4.78, 5) is 4.61. The SMILES string of the molecule is CNCc1ccc(CNCCn2c3ccccc3c3cccnc32)cc1. The predicted octanol–water partition coefficient (Wildman–Crippen LogP) is 3.70. The first kappa shape index (κ1) is 16.8. The van der Waals surface area contributed by atoms with Crippen LogP contribution in [0.15, 0.2) is 66.9 Å². The molecule has 0 unspecified atom stereocenters. The Balaban J connectivity index is 1.44. The van der Waals surface area contributed by atoms with Crippen LogP contribution in [-0.4, -0.2) is 23.1 Å². The Morgan fingerprint density at radius 3 is 2.38 bits per heavy atom. The van der Waals surface area contributed by atoms with Gasteiger partial charge >= 0.3 is 0 Å². The minimum Gasteiger partial charge on any atom is -0.324 e. The molecular formula is C22H24N4. The maximum atomic E-state index is 4.61. The van der Waals surface area contributed by atoms with Crippen molar-refractivity contribution in [2.75, 3.05) is 13.6 Å². The summed E-state index contributed by atoms with van der Waals surface area (Å²) in [6, 6.07) is 21.5. The number of hydrogen-bond donors (Lipinski definition) is 2. The summed E-state index contributed by atoms with van der Waals surface area (Å²) in [7, 11) is 1.97.